The van der Waals surface area contributed by atoms with Crippen LogP contribution in [0, 0.1) is 11.6 Å². The molecule has 1 heterocycles. The molecule has 0 radical (unpaired) electrons. The van der Waals surface area contributed by atoms with Crippen LogP contribution in [0.1, 0.15) is 11.1 Å². The number of hydrogen-bond acceptors (Lipinski definition) is 3. The van der Waals surface area contributed by atoms with Crippen LogP contribution in [0.15, 0.2) is 82.6 Å². The zero-order chi connectivity index (χ0) is 21.3. The number of imide groups is 1. The standard InChI is InChI=1S/C23H14ClF2NO2S/c24-16-7-11-18(12-8-16)30-21-20(14-5-9-17(25)10-6-14)22(28)27(23(21)29)13-15-3-1-2-4-19(15)26/h1-12H,13H2. The first-order valence-electron chi connectivity index (χ1n) is 8.97. The second-order valence-corrected chi connectivity index (χ2v) is 8.08. The highest BCUT2D eigenvalue weighted by Crippen LogP contribution is 2.40. The predicted octanol–water partition coefficient (Wildman–Crippen LogP) is 5.69. The van der Waals surface area contributed by atoms with Crippen molar-refractivity contribution in [3.05, 3.63) is 105 Å². The maximum atomic E-state index is 14.1. The number of amides is 2. The highest BCUT2D eigenvalue weighted by molar-refractivity contribution is 8.04. The normalized spacial score (nSPS) is 14.0. The summed E-state index contributed by atoms with van der Waals surface area (Å²) < 4.78 is 27.5. The molecule has 3 aromatic carbocycles. The summed E-state index contributed by atoms with van der Waals surface area (Å²) >= 11 is 7.05. The van der Waals surface area contributed by atoms with Crippen LogP contribution in [-0.2, 0) is 16.1 Å². The van der Waals surface area contributed by atoms with Crippen molar-refractivity contribution < 1.29 is 18.4 Å². The lowest BCUT2D eigenvalue weighted by molar-refractivity contribution is -0.137. The van der Waals surface area contributed by atoms with Crippen LogP contribution >= 0.6 is 23.4 Å². The molecule has 0 N–H and O–H groups in total. The number of halogens is 3. The summed E-state index contributed by atoms with van der Waals surface area (Å²) in [6.45, 7) is -0.195. The number of carbonyl (C=O) groups is 2. The highest BCUT2D eigenvalue weighted by Gasteiger charge is 2.39. The number of rotatable bonds is 5. The van der Waals surface area contributed by atoms with Gasteiger partial charge in [0.2, 0.25) is 0 Å². The summed E-state index contributed by atoms with van der Waals surface area (Å²) in [5, 5.41) is 0.544. The van der Waals surface area contributed by atoms with Gasteiger partial charge in [0.05, 0.1) is 17.0 Å². The Bertz CT molecular complexity index is 1160. The van der Waals surface area contributed by atoms with Gasteiger partial charge in [-0.2, -0.15) is 0 Å². The fourth-order valence-corrected chi connectivity index (χ4v) is 4.22. The maximum Gasteiger partial charge on any atom is 0.268 e. The van der Waals surface area contributed by atoms with Crippen molar-refractivity contribution in [3.63, 3.8) is 0 Å². The average molecular weight is 442 g/mol. The lowest BCUT2D eigenvalue weighted by Crippen LogP contribution is -2.31. The third-order valence-corrected chi connectivity index (χ3v) is 5.92. The van der Waals surface area contributed by atoms with Crippen LogP contribution in [0.25, 0.3) is 5.57 Å². The average Bonchev–Trinajstić information content (AvgIpc) is 2.96. The zero-order valence-corrected chi connectivity index (χ0v) is 17.0. The smallest absolute Gasteiger partial charge is 0.268 e. The molecule has 0 bridgehead atoms. The molecule has 4 rings (SSSR count). The highest BCUT2D eigenvalue weighted by atomic mass is 35.5. The molecule has 1 aliphatic heterocycles. The summed E-state index contributed by atoms with van der Waals surface area (Å²) in [5.41, 5.74) is 0.814. The van der Waals surface area contributed by atoms with Gasteiger partial charge in [-0.15, -0.1) is 0 Å². The Labute approximate surface area is 181 Å². The van der Waals surface area contributed by atoms with E-state index in [4.69, 9.17) is 11.6 Å². The number of benzene rings is 3. The molecule has 0 aromatic heterocycles. The lowest BCUT2D eigenvalue weighted by atomic mass is 10.1. The molecular weight excluding hydrogens is 428 g/mol. The van der Waals surface area contributed by atoms with Crippen molar-refractivity contribution in [2.24, 2.45) is 0 Å². The van der Waals surface area contributed by atoms with Gasteiger partial charge in [0.1, 0.15) is 11.6 Å². The minimum Gasteiger partial charge on any atom is -0.269 e. The van der Waals surface area contributed by atoms with Gasteiger partial charge in [0.25, 0.3) is 11.8 Å². The molecule has 150 valence electrons. The predicted molar refractivity (Wildman–Crippen MR) is 113 cm³/mol. The molecule has 0 fully saturated rings. The minimum atomic E-state index is -0.550. The molecule has 0 spiro atoms. The molecule has 2 amide bonds. The molecule has 0 aliphatic carbocycles. The van der Waals surface area contributed by atoms with Crippen LogP contribution < -0.4 is 0 Å². The molecule has 0 atom stereocenters. The van der Waals surface area contributed by atoms with Crippen molar-refractivity contribution in [3.8, 4) is 0 Å². The molecule has 0 saturated heterocycles. The van der Waals surface area contributed by atoms with Gasteiger partial charge in [-0.25, -0.2) is 8.78 Å². The quantitative estimate of drug-likeness (QED) is 0.477. The Balaban J connectivity index is 1.74. The summed E-state index contributed by atoms with van der Waals surface area (Å²) in [6, 6.07) is 18.2. The van der Waals surface area contributed by atoms with E-state index in [9.17, 15) is 18.4 Å². The largest absolute Gasteiger partial charge is 0.269 e. The number of thioether (sulfide) groups is 1. The first kappa shape index (κ1) is 20.3. The minimum absolute atomic E-state index is 0.163. The Hall–Kier alpha value is -2.96. The van der Waals surface area contributed by atoms with Crippen molar-refractivity contribution >= 4 is 40.8 Å². The second kappa shape index (κ2) is 8.42. The third-order valence-electron chi connectivity index (χ3n) is 4.58. The van der Waals surface area contributed by atoms with Crippen LogP contribution in [0.5, 0.6) is 0 Å². The van der Waals surface area contributed by atoms with Crippen LogP contribution in [0.3, 0.4) is 0 Å². The maximum absolute atomic E-state index is 14.1. The molecule has 7 heteroatoms. The molecule has 3 nitrogen and oxygen atoms in total. The topological polar surface area (TPSA) is 37.4 Å². The van der Waals surface area contributed by atoms with Crippen molar-refractivity contribution in [1.82, 2.24) is 4.90 Å². The Morgan fingerprint density at radius 2 is 1.50 bits per heavy atom. The fraction of sp³-hybridized carbons (Fsp3) is 0.0435. The van der Waals surface area contributed by atoms with Crippen molar-refractivity contribution in [2.75, 3.05) is 0 Å². The first-order valence-corrected chi connectivity index (χ1v) is 10.2. The Morgan fingerprint density at radius 3 is 2.17 bits per heavy atom. The molecular formula is C23H14ClF2NO2S. The molecule has 3 aromatic rings. The van der Waals surface area contributed by atoms with Gasteiger partial charge in [0, 0.05) is 15.5 Å². The lowest BCUT2D eigenvalue weighted by Gasteiger charge is -2.15. The molecule has 30 heavy (non-hydrogen) atoms. The molecule has 0 saturated carbocycles. The van der Waals surface area contributed by atoms with E-state index in [-0.39, 0.29) is 22.6 Å². The van der Waals surface area contributed by atoms with Crippen LogP contribution in [-0.4, -0.2) is 16.7 Å². The van der Waals surface area contributed by atoms with E-state index >= 15 is 0 Å². The summed E-state index contributed by atoms with van der Waals surface area (Å²) in [7, 11) is 0. The van der Waals surface area contributed by atoms with E-state index in [1.807, 2.05) is 0 Å². The number of hydrogen-bond donors (Lipinski definition) is 0. The molecule has 1 aliphatic rings. The van der Waals surface area contributed by atoms with Gasteiger partial charge in [-0.05, 0) is 48.0 Å². The van der Waals surface area contributed by atoms with Crippen molar-refractivity contribution in [2.45, 2.75) is 11.4 Å². The number of nitrogens with zero attached hydrogens (tertiary/aromatic N) is 1. The van der Waals surface area contributed by atoms with E-state index < -0.39 is 23.4 Å². The van der Waals surface area contributed by atoms with Crippen molar-refractivity contribution in [1.29, 1.82) is 0 Å². The molecule has 0 unspecified atom stereocenters. The third kappa shape index (κ3) is 4.01. The summed E-state index contributed by atoms with van der Waals surface area (Å²) in [5.74, 6) is -2.03. The second-order valence-electron chi connectivity index (χ2n) is 6.55. The van der Waals surface area contributed by atoms with E-state index in [0.717, 1.165) is 16.7 Å². The zero-order valence-electron chi connectivity index (χ0n) is 15.4. The van der Waals surface area contributed by atoms with Gasteiger partial charge in [-0.1, -0.05) is 53.7 Å². The van der Waals surface area contributed by atoms with E-state index in [2.05, 4.69) is 0 Å². The Kier molecular flexibility index (Phi) is 5.70. The van der Waals surface area contributed by atoms with E-state index in [1.54, 1.807) is 30.3 Å². The van der Waals surface area contributed by atoms with E-state index in [1.165, 1.54) is 42.5 Å². The summed E-state index contributed by atoms with van der Waals surface area (Å²) in [4.78, 5) is 28.2. The number of carbonyl (C=O) groups excluding carboxylic acids is 2. The van der Waals surface area contributed by atoms with Gasteiger partial charge < -0.3 is 0 Å². The van der Waals surface area contributed by atoms with Gasteiger partial charge >= 0.3 is 0 Å². The first-order chi connectivity index (χ1) is 14.4. The van der Waals surface area contributed by atoms with Crippen LogP contribution in [0.2, 0.25) is 5.02 Å². The van der Waals surface area contributed by atoms with Gasteiger partial charge in [0.15, 0.2) is 0 Å². The Morgan fingerprint density at radius 1 is 0.833 bits per heavy atom. The van der Waals surface area contributed by atoms with Gasteiger partial charge in [-0.3, -0.25) is 14.5 Å². The van der Waals surface area contributed by atoms with E-state index in [0.29, 0.717) is 15.5 Å². The summed E-state index contributed by atoms with van der Waals surface area (Å²) in [6.07, 6.45) is 0. The monoisotopic (exact) mass is 441 g/mol. The SMILES string of the molecule is O=C1C(Sc2ccc(Cl)cc2)=C(c2ccc(F)cc2)C(=O)N1Cc1ccccc1F. The fourth-order valence-electron chi connectivity index (χ4n) is 3.08. The van der Waals surface area contributed by atoms with Crippen LogP contribution in [0.4, 0.5) is 8.78 Å².